The van der Waals surface area contributed by atoms with Crippen LogP contribution in [-0.4, -0.2) is 15.0 Å². The van der Waals surface area contributed by atoms with E-state index in [0.717, 1.165) is 0 Å². The van der Waals surface area contributed by atoms with Gasteiger partial charge in [-0.25, -0.2) is 9.97 Å². The van der Waals surface area contributed by atoms with E-state index in [1.54, 1.807) is 6.20 Å². The van der Waals surface area contributed by atoms with E-state index < -0.39 is 0 Å². The number of hydrogen-bond acceptors (Lipinski definition) is 4. The van der Waals surface area contributed by atoms with Crippen molar-refractivity contribution in [1.29, 1.82) is 5.26 Å². The zero-order valence-electron chi connectivity index (χ0n) is 7.25. The Hall–Kier alpha value is -2.28. The highest BCUT2D eigenvalue weighted by Crippen LogP contribution is 2.15. The monoisotopic (exact) mass is 182 g/mol. The SMILES string of the molecule is N#Cc1cncnc1-c1ccccn1. The molecule has 0 aliphatic heterocycles. The molecule has 2 heterocycles. The van der Waals surface area contributed by atoms with E-state index in [0.29, 0.717) is 17.0 Å². The van der Waals surface area contributed by atoms with Gasteiger partial charge in [-0.3, -0.25) is 4.98 Å². The molecule has 2 rings (SSSR count). The average Bonchev–Trinajstić information content (AvgIpc) is 2.30. The lowest BCUT2D eigenvalue weighted by Crippen LogP contribution is -1.91. The van der Waals surface area contributed by atoms with Crippen molar-refractivity contribution in [3.8, 4) is 17.5 Å². The maximum Gasteiger partial charge on any atom is 0.116 e. The van der Waals surface area contributed by atoms with Crippen LogP contribution < -0.4 is 0 Å². The standard InChI is InChI=1S/C10H6N4/c11-5-8-6-12-7-14-10(8)9-3-1-2-4-13-9/h1-4,6-7H. The van der Waals surface area contributed by atoms with Crippen molar-refractivity contribution < 1.29 is 0 Å². The summed E-state index contributed by atoms with van der Waals surface area (Å²) >= 11 is 0. The normalized spacial score (nSPS) is 9.36. The third-order valence-corrected chi connectivity index (χ3v) is 1.74. The topological polar surface area (TPSA) is 62.5 Å². The van der Waals surface area contributed by atoms with Crippen molar-refractivity contribution in [2.45, 2.75) is 0 Å². The van der Waals surface area contributed by atoms with Crippen LogP contribution in [0.25, 0.3) is 11.4 Å². The Morgan fingerprint density at radius 3 is 2.86 bits per heavy atom. The summed E-state index contributed by atoms with van der Waals surface area (Å²) in [6, 6.07) is 7.51. The van der Waals surface area contributed by atoms with Crippen molar-refractivity contribution in [2.24, 2.45) is 0 Å². The first-order chi connectivity index (χ1) is 6.92. The van der Waals surface area contributed by atoms with Gasteiger partial charge in [0, 0.05) is 12.4 Å². The third-order valence-electron chi connectivity index (χ3n) is 1.74. The highest BCUT2D eigenvalue weighted by Gasteiger charge is 2.05. The van der Waals surface area contributed by atoms with E-state index in [4.69, 9.17) is 5.26 Å². The molecular formula is C10H6N4. The summed E-state index contributed by atoms with van der Waals surface area (Å²) in [5.41, 5.74) is 1.70. The van der Waals surface area contributed by atoms with Crippen LogP contribution in [0.2, 0.25) is 0 Å². The molecule has 2 aromatic heterocycles. The summed E-state index contributed by atoms with van der Waals surface area (Å²) in [5, 5.41) is 8.82. The van der Waals surface area contributed by atoms with Crippen molar-refractivity contribution in [2.75, 3.05) is 0 Å². The van der Waals surface area contributed by atoms with E-state index in [1.807, 2.05) is 24.3 Å². The van der Waals surface area contributed by atoms with E-state index in [-0.39, 0.29) is 0 Å². The van der Waals surface area contributed by atoms with Gasteiger partial charge in [0.25, 0.3) is 0 Å². The van der Waals surface area contributed by atoms with Crippen LogP contribution in [0.1, 0.15) is 5.56 Å². The van der Waals surface area contributed by atoms with E-state index in [2.05, 4.69) is 15.0 Å². The lowest BCUT2D eigenvalue weighted by molar-refractivity contribution is 1.14. The van der Waals surface area contributed by atoms with Crippen LogP contribution in [0.15, 0.2) is 36.9 Å². The Labute approximate surface area is 80.9 Å². The fraction of sp³-hybridized carbons (Fsp3) is 0. The van der Waals surface area contributed by atoms with Crippen molar-refractivity contribution in [1.82, 2.24) is 15.0 Å². The Morgan fingerprint density at radius 1 is 1.21 bits per heavy atom. The van der Waals surface area contributed by atoms with Crippen LogP contribution in [0.5, 0.6) is 0 Å². The Morgan fingerprint density at radius 2 is 2.14 bits per heavy atom. The van der Waals surface area contributed by atoms with Crippen LogP contribution in [0.3, 0.4) is 0 Å². The maximum absolute atomic E-state index is 8.82. The second-order valence-corrected chi connectivity index (χ2v) is 2.61. The molecule has 0 saturated heterocycles. The smallest absolute Gasteiger partial charge is 0.116 e. The van der Waals surface area contributed by atoms with Gasteiger partial charge in [0.2, 0.25) is 0 Å². The van der Waals surface area contributed by atoms with Gasteiger partial charge in [-0.2, -0.15) is 5.26 Å². The number of aromatic nitrogens is 3. The molecule has 0 spiro atoms. The summed E-state index contributed by atoms with van der Waals surface area (Å²) in [4.78, 5) is 11.9. The van der Waals surface area contributed by atoms with Crippen molar-refractivity contribution in [3.63, 3.8) is 0 Å². The van der Waals surface area contributed by atoms with Crippen LogP contribution >= 0.6 is 0 Å². The summed E-state index contributed by atoms with van der Waals surface area (Å²) in [6.07, 6.45) is 4.56. The number of nitrogens with zero attached hydrogens (tertiary/aromatic N) is 4. The zero-order valence-corrected chi connectivity index (χ0v) is 7.25. The highest BCUT2D eigenvalue weighted by molar-refractivity contribution is 5.61. The molecule has 0 atom stereocenters. The van der Waals surface area contributed by atoms with E-state index >= 15 is 0 Å². The molecular weight excluding hydrogens is 176 g/mol. The molecule has 0 unspecified atom stereocenters. The van der Waals surface area contributed by atoms with E-state index in [1.165, 1.54) is 12.5 Å². The lowest BCUT2D eigenvalue weighted by Gasteiger charge is -1.99. The number of hydrogen-bond donors (Lipinski definition) is 0. The Kier molecular flexibility index (Phi) is 2.15. The molecule has 0 radical (unpaired) electrons. The molecule has 0 fully saturated rings. The van der Waals surface area contributed by atoms with E-state index in [9.17, 15) is 0 Å². The minimum absolute atomic E-state index is 0.436. The molecule has 14 heavy (non-hydrogen) atoms. The minimum atomic E-state index is 0.436. The number of pyridine rings is 1. The minimum Gasteiger partial charge on any atom is -0.255 e. The van der Waals surface area contributed by atoms with Gasteiger partial charge in [0.15, 0.2) is 0 Å². The fourth-order valence-corrected chi connectivity index (χ4v) is 1.12. The zero-order chi connectivity index (χ0) is 9.80. The predicted molar refractivity (Wildman–Crippen MR) is 50.0 cm³/mol. The first-order valence-electron chi connectivity index (χ1n) is 4.03. The van der Waals surface area contributed by atoms with Crippen LogP contribution in [0, 0.1) is 11.3 Å². The first-order valence-corrected chi connectivity index (χ1v) is 4.03. The first kappa shape index (κ1) is 8.32. The second-order valence-electron chi connectivity index (χ2n) is 2.61. The molecule has 4 heteroatoms. The maximum atomic E-state index is 8.82. The average molecular weight is 182 g/mol. The van der Waals surface area contributed by atoms with Gasteiger partial charge in [-0.15, -0.1) is 0 Å². The molecule has 66 valence electrons. The lowest BCUT2D eigenvalue weighted by atomic mass is 10.2. The third kappa shape index (κ3) is 1.43. The van der Waals surface area contributed by atoms with Gasteiger partial charge in [0.1, 0.15) is 18.1 Å². The highest BCUT2D eigenvalue weighted by atomic mass is 14.8. The van der Waals surface area contributed by atoms with Gasteiger partial charge in [-0.05, 0) is 12.1 Å². The van der Waals surface area contributed by atoms with Gasteiger partial charge in [-0.1, -0.05) is 6.07 Å². The fourth-order valence-electron chi connectivity index (χ4n) is 1.12. The predicted octanol–water partition coefficient (Wildman–Crippen LogP) is 1.41. The van der Waals surface area contributed by atoms with Crippen molar-refractivity contribution in [3.05, 3.63) is 42.5 Å². The van der Waals surface area contributed by atoms with Gasteiger partial charge >= 0.3 is 0 Å². The summed E-state index contributed by atoms with van der Waals surface area (Å²) in [7, 11) is 0. The molecule has 4 nitrogen and oxygen atoms in total. The summed E-state index contributed by atoms with van der Waals surface area (Å²) in [6.45, 7) is 0. The number of nitriles is 1. The Bertz CT molecular complexity index is 473. The van der Waals surface area contributed by atoms with Gasteiger partial charge < -0.3 is 0 Å². The van der Waals surface area contributed by atoms with Gasteiger partial charge in [0.05, 0.1) is 11.3 Å². The molecule has 0 amide bonds. The molecule has 0 saturated carbocycles. The van der Waals surface area contributed by atoms with Crippen LogP contribution in [0.4, 0.5) is 0 Å². The summed E-state index contributed by atoms with van der Waals surface area (Å²) in [5.74, 6) is 0. The Balaban J connectivity index is 2.58. The number of rotatable bonds is 1. The molecule has 0 aliphatic rings. The summed E-state index contributed by atoms with van der Waals surface area (Å²) < 4.78 is 0. The molecule has 0 aromatic carbocycles. The molecule has 0 aliphatic carbocycles. The molecule has 2 aromatic rings. The quantitative estimate of drug-likeness (QED) is 0.668. The molecule has 0 bridgehead atoms. The van der Waals surface area contributed by atoms with Crippen molar-refractivity contribution >= 4 is 0 Å². The second kappa shape index (κ2) is 3.62. The van der Waals surface area contributed by atoms with Crippen LogP contribution in [-0.2, 0) is 0 Å². The largest absolute Gasteiger partial charge is 0.255 e. The molecule has 0 N–H and O–H groups in total.